The van der Waals surface area contributed by atoms with E-state index in [1.54, 1.807) is 12.0 Å². The number of nitrogens with one attached hydrogen (secondary N) is 1. The van der Waals surface area contributed by atoms with Crippen LogP contribution in [-0.4, -0.2) is 79.6 Å². The molecular weight excluding hydrogens is 480 g/mol. The van der Waals surface area contributed by atoms with Crippen LogP contribution in [0.2, 0.25) is 0 Å². The highest BCUT2D eigenvalue weighted by molar-refractivity contribution is 6.00. The number of hydrogen-bond donors (Lipinski definition) is 1. The number of amides is 3. The van der Waals surface area contributed by atoms with E-state index in [0.29, 0.717) is 51.3 Å². The number of piperidine rings is 1. The number of ether oxygens (including phenoxy) is 1. The number of hydrogen-bond acceptors (Lipinski definition) is 5. The molecule has 0 aliphatic carbocycles. The van der Waals surface area contributed by atoms with E-state index in [2.05, 4.69) is 10.2 Å². The maximum Gasteiger partial charge on any atom is 0.253 e. The second kappa shape index (κ2) is 11.2. The third-order valence-corrected chi connectivity index (χ3v) is 7.64. The molecule has 198 valence electrons. The molecule has 38 heavy (non-hydrogen) atoms. The van der Waals surface area contributed by atoms with Gasteiger partial charge in [0.2, 0.25) is 5.91 Å². The van der Waals surface area contributed by atoms with Crippen molar-refractivity contribution in [3.63, 3.8) is 0 Å². The number of para-hydroxylation sites is 1. The second-order valence-electron chi connectivity index (χ2n) is 9.99. The van der Waals surface area contributed by atoms with Crippen LogP contribution in [0.1, 0.15) is 29.6 Å². The zero-order chi connectivity index (χ0) is 26.5. The summed E-state index contributed by atoms with van der Waals surface area (Å²) in [6, 6.07) is 23.6. The van der Waals surface area contributed by atoms with Gasteiger partial charge < -0.3 is 24.8 Å². The van der Waals surface area contributed by atoms with Crippen molar-refractivity contribution in [3.05, 3.63) is 78.4 Å². The minimum absolute atomic E-state index is 0.0105. The number of nitrogens with zero attached hydrogens (tertiary/aromatic N) is 3. The number of rotatable bonds is 8. The smallest absolute Gasteiger partial charge is 0.253 e. The van der Waals surface area contributed by atoms with Crippen LogP contribution in [0.25, 0.3) is 10.8 Å². The highest BCUT2D eigenvalue weighted by Gasteiger charge is 2.54. The van der Waals surface area contributed by atoms with Gasteiger partial charge in [0.05, 0.1) is 6.67 Å². The number of benzene rings is 3. The molecule has 2 saturated heterocycles. The summed E-state index contributed by atoms with van der Waals surface area (Å²) in [5.41, 5.74) is 0.819. The molecule has 0 aromatic heterocycles. The van der Waals surface area contributed by atoms with Gasteiger partial charge in [-0.1, -0.05) is 48.5 Å². The van der Waals surface area contributed by atoms with Crippen LogP contribution in [0.5, 0.6) is 0 Å². The monoisotopic (exact) mass is 514 g/mol. The SMILES string of the molecule is COCCCNC(=O)CN1CN(c2ccccc2)C2(CCN(C(=O)c3ccc4ccccc4c3)CC2)C1=O. The fourth-order valence-electron chi connectivity index (χ4n) is 5.58. The Morgan fingerprint density at radius 1 is 0.947 bits per heavy atom. The van der Waals surface area contributed by atoms with Crippen molar-refractivity contribution in [2.75, 3.05) is 51.5 Å². The Morgan fingerprint density at radius 3 is 2.39 bits per heavy atom. The Hall–Kier alpha value is -3.91. The van der Waals surface area contributed by atoms with Crippen molar-refractivity contribution in [1.82, 2.24) is 15.1 Å². The summed E-state index contributed by atoms with van der Waals surface area (Å²) in [5, 5.41) is 5.01. The molecule has 2 aliphatic heterocycles. The molecule has 1 N–H and O–H groups in total. The van der Waals surface area contributed by atoms with Crippen molar-refractivity contribution in [2.24, 2.45) is 0 Å². The van der Waals surface area contributed by atoms with E-state index in [9.17, 15) is 14.4 Å². The van der Waals surface area contributed by atoms with Gasteiger partial charge in [0, 0.05) is 44.6 Å². The van der Waals surface area contributed by atoms with Crippen molar-refractivity contribution in [1.29, 1.82) is 0 Å². The van der Waals surface area contributed by atoms with Crippen LogP contribution in [0.3, 0.4) is 0 Å². The summed E-state index contributed by atoms with van der Waals surface area (Å²) in [4.78, 5) is 45.4. The predicted octanol–water partition coefficient (Wildman–Crippen LogP) is 3.27. The molecule has 2 aliphatic rings. The Labute approximate surface area is 223 Å². The Bertz CT molecular complexity index is 1300. The fraction of sp³-hybridized carbons (Fsp3) is 0.367. The molecule has 8 nitrogen and oxygen atoms in total. The van der Waals surface area contributed by atoms with E-state index in [1.807, 2.05) is 77.7 Å². The predicted molar refractivity (Wildman–Crippen MR) is 147 cm³/mol. The lowest BCUT2D eigenvalue weighted by Gasteiger charge is -2.43. The van der Waals surface area contributed by atoms with E-state index in [-0.39, 0.29) is 24.3 Å². The molecule has 3 aromatic rings. The fourth-order valence-corrected chi connectivity index (χ4v) is 5.58. The van der Waals surface area contributed by atoms with Crippen molar-refractivity contribution in [2.45, 2.75) is 24.8 Å². The van der Waals surface area contributed by atoms with Gasteiger partial charge in [-0.3, -0.25) is 14.4 Å². The third-order valence-electron chi connectivity index (χ3n) is 7.64. The highest BCUT2D eigenvalue weighted by atomic mass is 16.5. The highest BCUT2D eigenvalue weighted by Crippen LogP contribution is 2.39. The van der Waals surface area contributed by atoms with E-state index in [0.717, 1.165) is 22.9 Å². The summed E-state index contributed by atoms with van der Waals surface area (Å²) in [5.74, 6) is -0.246. The number of carbonyl (C=O) groups is 3. The van der Waals surface area contributed by atoms with E-state index < -0.39 is 5.54 Å². The summed E-state index contributed by atoms with van der Waals surface area (Å²) in [6.07, 6.45) is 1.73. The number of carbonyl (C=O) groups excluding carboxylic acids is 3. The van der Waals surface area contributed by atoms with Crippen molar-refractivity contribution < 1.29 is 19.1 Å². The molecule has 5 rings (SSSR count). The molecule has 0 unspecified atom stereocenters. The molecule has 1 spiro atoms. The zero-order valence-corrected chi connectivity index (χ0v) is 21.8. The van der Waals surface area contributed by atoms with Crippen LogP contribution in [-0.2, 0) is 14.3 Å². The molecule has 8 heteroatoms. The van der Waals surface area contributed by atoms with Crippen LogP contribution >= 0.6 is 0 Å². The summed E-state index contributed by atoms with van der Waals surface area (Å²) in [6.45, 7) is 2.37. The Morgan fingerprint density at radius 2 is 1.66 bits per heavy atom. The Balaban J connectivity index is 1.31. The first-order valence-corrected chi connectivity index (χ1v) is 13.2. The molecular formula is C30H34N4O4. The minimum Gasteiger partial charge on any atom is -0.385 e. The standard InChI is InChI=1S/C30H34N4O4/c1-38-19-7-16-31-27(35)21-33-22-34(26-10-3-2-4-11-26)30(29(33)37)14-17-32(18-15-30)28(36)25-13-12-23-8-5-6-9-24(23)20-25/h2-6,8-13,20H,7,14-19,21-22H2,1H3,(H,31,35). The molecule has 0 radical (unpaired) electrons. The molecule has 3 aromatic carbocycles. The average molecular weight is 515 g/mol. The van der Waals surface area contributed by atoms with E-state index in [1.165, 1.54) is 0 Å². The van der Waals surface area contributed by atoms with Crippen molar-refractivity contribution >= 4 is 34.2 Å². The lowest BCUT2D eigenvalue weighted by molar-refractivity contribution is -0.137. The van der Waals surface area contributed by atoms with Gasteiger partial charge in [0.1, 0.15) is 12.1 Å². The van der Waals surface area contributed by atoms with Crippen LogP contribution in [0, 0.1) is 0 Å². The van der Waals surface area contributed by atoms with Gasteiger partial charge in [0.25, 0.3) is 11.8 Å². The summed E-state index contributed by atoms with van der Waals surface area (Å²) < 4.78 is 5.03. The van der Waals surface area contributed by atoms with Crippen LogP contribution < -0.4 is 10.2 Å². The molecule has 0 atom stereocenters. The number of fused-ring (bicyclic) bond motifs is 1. The number of methoxy groups -OCH3 is 1. The Kier molecular flexibility index (Phi) is 7.60. The molecule has 2 heterocycles. The van der Waals surface area contributed by atoms with Gasteiger partial charge in [-0.05, 0) is 54.3 Å². The third kappa shape index (κ3) is 5.09. The van der Waals surface area contributed by atoms with Gasteiger partial charge in [0.15, 0.2) is 0 Å². The first-order valence-electron chi connectivity index (χ1n) is 13.2. The summed E-state index contributed by atoms with van der Waals surface area (Å²) in [7, 11) is 1.63. The first kappa shape index (κ1) is 25.7. The number of likely N-dealkylation sites (tertiary alicyclic amines) is 1. The van der Waals surface area contributed by atoms with Gasteiger partial charge in [-0.2, -0.15) is 0 Å². The minimum atomic E-state index is -0.780. The van der Waals surface area contributed by atoms with Gasteiger partial charge in [-0.15, -0.1) is 0 Å². The average Bonchev–Trinajstić information content (AvgIpc) is 3.21. The lowest BCUT2D eigenvalue weighted by atomic mass is 9.85. The van der Waals surface area contributed by atoms with Gasteiger partial charge in [-0.25, -0.2) is 0 Å². The largest absolute Gasteiger partial charge is 0.385 e. The molecule has 3 amide bonds. The van der Waals surface area contributed by atoms with Crippen LogP contribution in [0.4, 0.5) is 5.69 Å². The topological polar surface area (TPSA) is 82.2 Å². The maximum atomic E-state index is 13.9. The quantitative estimate of drug-likeness (QED) is 0.467. The molecule has 0 saturated carbocycles. The second-order valence-corrected chi connectivity index (χ2v) is 9.99. The molecule has 0 bridgehead atoms. The maximum absolute atomic E-state index is 13.9. The lowest BCUT2D eigenvalue weighted by Crippen LogP contribution is -2.57. The van der Waals surface area contributed by atoms with Gasteiger partial charge >= 0.3 is 0 Å². The normalized spacial score (nSPS) is 16.9. The molecule has 2 fully saturated rings. The number of anilines is 1. The van der Waals surface area contributed by atoms with E-state index >= 15 is 0 Å². The zero-order valence-electron chi connectivity index (χ0n) is 21.8. The summed E-state index contributed by atoms with van der Waals surface area (Å²) >= 11 is 0. The van der Waals surface area contributed by atoms with Crippen LogP contribution in [0.15, 0.2) is 72.8 Å². The first-order chi connectivity index (χ1) is 18.5. The van der Waals surface area contributed by atoms with Crippen molar-refractivity contribution in [3.8, 4) is 0 Å². The van der Waals surface area contributed by atoms with E-state index in [4.69, 9.17) is 4.74 Å².